The van der Waals surface area contributed by atoms with Gasteiger partial charge in [0.25, 0.3) is 0 Å². The van der Waals surface area contributed by atoms with Crippen LogP contribution in [0.25, 0.3) is 100 Å². The Labute approximate surface area is 888 Å². The molecule has 3 aliphatic carbocycles. The standard InChI is InChI=1S/C48H39NO.C48H39NS.C47H39NOSi/c2*1-47(2)41-17-9-8-15-39(41)40-30-29-37(31-44(40)47)49(35-25-21-33(22-26-35)32-13-6-5-7-14-32)36-27-23-34(24-28-36)38-16-12-19-43-46(38)50-45-20-11-10-18-42(45)48(43,3)4;1-47(2)41-17-9-8-15-39(41)40-30-29-37(31-42(40)47)48(35-25-21-33(22-26-35)32-13-6-5-7-14-32)36-27-23-34(24-28-36)38-16-12-20-45-46(38)49-43-18-10-11-19-44(43)50(45,3)4/h3*5-31H,1-4H3. The van der Waals surface area contributed by atoms with Crippen LogP contribution in [0.4, 0.5) is 51.2 Å². The second kappa shape index (κ2) is 37.2. The quantitative estimate of drug-likeness (QED) is 0.0950. The van der Waals surface area contributed by atoms with Crippen LogP contribution in [0.15, 0.2) is 501 Å². The number of rotatable bonds is 15. The van der Waals surface area contributed by atoms with Crippen molar-refractivity contribution in [1.82, 2.24) is 0 Å². The third kappa shape index (κ3) is 16.2. The highest BCUT2D eigenvalue weighted by Crippen LogP contribution is 2.59. The summed E-state index contributed by atoms with van der Waals surface area (Å²) in [4.78, 5) is 9.89. The molecule has 0 saturated heterocycles. The molecule has 21 aromatic rings. The van der Waals surface area contributed by atoms with Gasteiger partial charge in [0.05, 0.1) is 0 Å². The van der Waals surface area contributed by atoms with E-state index in [-0.39, 0.29) is 27.1 Å². The number of anilines is 9. The molecule has 0 aromatic heterocycles. The Morgan fingerprint density at radius 2 is 0.440 bits per heavy atom. The maximum Gasteiger partial charge on any atom is 0.139 e. The minimum atomic E-state index is -1.92. The average Bonchev–Trinajstić information content (AvgIpc) is 1.70. The molecule has 6 aliphatic rings. The van der Waals surface area contributed by atoms with E-state index in [1.807, 2.05) is 11.8 Å². The minimum Gasteiger partial charge on any atom is -0.457 e. The van der Waals surface area contributed by atoms with Crippen molar-refractivity contribution in [3.63, 3.8) is 0 Å². The molecule has 0 spiro atoms. The van der Waals surface area contributed by atoms with Crippen molar-refractivity contribution in [2.45, 2.75) is 119 Å². The largest absolute Gasteiger partial charge is 0.457 e. The molecule has 0 amide bonds. The van der Waals surface area contributed by atoms with E-state index in [1.165, 1.54) is 154 Å². The second-order valence-electron chi connectivity index (χ2n) is 43.8. The maximum absolute atomic E-state index is 6.68. The Morgan fingerprint density at radius 3 is 0.853 bits per heavy atom. The van der Waals surface area contributed by atoms with Crippen molar-refractivity contribution < 1.29 is 9.47 Å². The first-order chi connectivity index (χ1) is 72.9. The summed E-state index contributed by atoms with van der Waals surface area (Å²) in [5.41, 5.74) is 45.5. The molecule has 0 saturated carbocycles. The molecule has 3 aliphatic heterocycles. The van der Waals surface area contributed by atoms with Crippen LogP contribution in [0.1, 0.15) is 125 Å². The highest BCUT2D eigenvalue weighted by molar-refractivity contribution is 7.99. The number of hydrogen-bond donors (Lipinski definition) is 0. The zero-order valence-corrected chi connectivity index (χ0v) is 88.6. The second-order valence-corrected chi connectivity index (χ2v) is 49.2. The SMILES string of the molecule is CC1(C)c2ccccc2-c2ccc(N(c3ccc(-c4ccccc4)cc3)c3ccc(-c4cccc5c4Oc4ccccc4C5(C)C)cc3)cc21.CC1(C)c2ccccc2-c2ccc(N(c3ccc(-c4ccccc4)cc3)c3ccc(-c4cccc5c4Oc4ccccc4[Si]5(C)C)cc3)cc21.CC1(C)c2ccccc2-c2ccc(N(c3ccc(-c4ccccc4)cc3)c3ccc(-c4cccc5c4Sc4ccccc4C5(C)C)cc3)cc21. The molecule has 0 radical (unpaired) electrons. The van der Waals surface area contributed by atoms with E-state index < -0.39 is 8.07 Å². The summed E-state index contributed by atoms with van der Waals surface area (Å²) in [7, 11) is -1.92. The molecule has 0 N–H and O–H groups in total. The highest BCUT2D eigenvalue weighted by atomic mass is 32.2. The first kappa shape index (κ1) is 94.2. The van der Waals surface area contributed by atoms with Gasteiger partial charge in [-0.05, 0) is 271 Å². The van der Waals surface area contributed by atoms with E-state index in [4.69, 9.17) is 9.47 Å². The number of nitrogens with zero attached hydrogens (tertiary/aromatic N) is 3. The lowest BCUT2D eigenvalue weighted by atomic mass is 9.75. The molecule has 21 aromatic carbocycles. The minimum absolute atomic E-state index is 0.0587. The van der Waals surface area contributed by atoms with Crippen molar-refractivity contribution in [1.29, 1.82) is 0 Å². The van der Waals surface area contributed by atoms with E-state index in [1.54, 1.807) is 0 Å². The molecule has 726 valence electrons. The average molecular weight is 1970 g/mol. The number of para-hydroxylation sites is 4. The monoisotopic (exact) mass is 1970 g/mol. The number of fused-ring (bicyclic) bond motifs is 15. The zero-order valence-electron chi connectivity index (χ0n) is 86.8. The molecular weight excluding hydrogens is 1850 g/mol. The Kier molecular flexibility index (Phi) is 23.4. The first-order valence-corrected chi connectivity index (χ1v) is 56.4. The molecule has 27 rings (SSSR count). The van der Waals surface area contributed by atoms with Gasteiger partial charge in [0.1, 0.15) is 31.1 Å². The molecule has 7 heteroatoms. The molecule has 5 nitrogen and oxygen atoms in total. The summed E-state index contributed by atoms with van der Waals surface area (Å²) in [5.74, 6) is 3.87. The van der Waals surface area contributed by atoms with Gasteiger partial charge in [-0.3, -0.25) is 0 Å². The van der Waals surface area contributed by atoms with E-state index in [0.717, 1.165) is 96.4 Å². The van der Waals surface area contributed by atoms with Gasteiger partial charge in [-0.2, -0.15) is 0 Å². The van der Waals surface area contributed by atoms with Crippen molar-refractivity contribution in [2.24, 2.45) is 0 Å². The third-order valence-electron chi connectivity index (χ3n) is 32.9. The molecule has 0 fully saturated rings. The first-order valence-electron chi connectivity index (χ1n) is 52.6. The van der Waals surface area contributed by atoms with Gasteiger partial charge in [-0.15, -0.1) is 0 Å². The van der Waals surface area contributed by atoms with Crippen LogP contribution in [-0.2, 0) is 27.1 Å². The van der Waals surface area contributed by atoms with Gasteiger partial charge in [0.15, 0.2) is 0 Å². The lowest BCUT2D eigenvalue weighted by Crippen LogP contribution is -2.56. The molecule has 0 unspecified atom stereocenters. The van der Waals surface area contributed by atoms with Gasteiger partial charge >= 0.3 is 0 Å². The van der Waals surface area contributed by atoms with Gasteiger partial charge in [-0.1, -0.05) is 458 Å². The summed E-state index contributed by atoms with van der Waals surface area (Å²) in [5, 5.41) is 2.70. The topological polar surface area (TPSA) is 28.2 Å². The van der Waals surface area contributed by atoms with Crippen LogP contribution < -0.4 is 34.5 Å². The molecule has 3 heterocycles. The smallest absolute Gasteiger partial charge is 0.139 e. The summed E-state index contributed by atoms with van der Waals surface area (Å²) >= 11 is 1.91. The van der Waals surface area contributed by atoms with Crippen molar-refractivity contribution >= 4 is 81.4 Å². The number of benzene rings is 21. The Hall–Kier alpha value is -16.8. The predicted molar refractivity (Wildman–Crippen MR) is 633 cm³/mol. The van der Waals surface area contributed by atoms with E-state index >= 15 is 0 Å². The fraction of sp³-hybridized carbons (Fsp3) is 0.119. The van der Waals surface area contributed by atoms with Gasteiger partial charge < -0.3 is 24.2 Å². The summed E-state index contributed by atoms with van der Waals surface area (Å²) in [6, 6.07) is 179. The van der Waals surface area contributed by atoms with Gasteiger partial charge in [0.2, 0.25) is 0 Å². The lowest BCUT2D eigenvalue weighted by Gasteiger charge is -2.35. The summed E-state index contributed by atoms with van der Waals surface area (Å²) in [6.07, 6.45) is 0. The van der Waals surface area contributed by atoms with E-state index in [0.29, 0.717) is 0 Å². The van der Waals surface area contributed by atoms with Crippen LogP contribution in [0.3, 0.4) is 0 Å². The van der Waals surface area contributed by atoms with Gasteiger partial charge in [-0.25, -0.2) is 0 Å². The maximum atomic E-state index is 6.68. The lowest BCUT2D eigenvalue weighted by molar-refractivity contribution is 0.419. The molecular formula is C143H117N3O2SSi. The van der Waals surface area contributed by atoms with E-state index in [9.17, 15) is 0 Å². The summed E-state index contributed by atoms with van der Waals surface area (Å²) < 4.78 is 13.3. The van der Waals surface area contributed by atoms with Crippen LogP contribution in [0.2, 0.25) is 13.1 Å². The molecule has 0 bridgehead atoms. The van der Waals surface area contributed by atoms with Crippen LogP contribution in [0.5, 0.6) is 23.0 Å². The van der Waals surface area contributed by atoms with E-state index in [2.05, 4.69) is 588 Å². The van der Waals surface area contributed by atoms with Crippen molar-refractivity contribution in [3.05, 3.63) is 547 Å². The number of ether oxygens (including phenoxy) is 2. The number of hydrogen-bond acceptors (Lipinski definition) is 6. The molecule has 150 heavy (non-hydrogen) atoms. The predicted octanol–water partition coefficient (Wildman–Crippen LogP) is 38.5. The Morgan fingerprint density at radius 1 is 0.180 bits per heavy atom. The normalized spacial score (nSPS) is 14.5. The zero-order chi connectivity index (χ0) is 102. The van der Waals surface area contributed by atoms with Crippen molar-refractivity contribution in [3.8, 4) is 123 Å². The van der Waals surface area contributed by atoms with Crippen LogP contribution in [-0.4, -0.2) is 8.07 Å². The highest BCUT2D eigenvalue weighted by Gasteiger charge is 2.43. The summed E-state index contributed by atoms with van der Waals surface area (Å²) in [6.45, 7) is 28.2. The Balaban J connectivity index is 0.000000116. The fourth-order valence-electron chi connectivity index (χ4n) is 24.6. The van der Waals surface area contributed by atoms with Crippen LogP contribution in [0, 0.1) is 0 Å². The molecule has 0 atom stereocenters. The fourth-order valence-corrected chi connectivity index (χ4v) is 28.9. The Bertz CT molecular complexity index is 7980. The van der Waals surface area contributed by atoms with Gasteiger partial charge in [0, 0.05) is 110 Å². The van der Waals surface area contributed by atoms with Crippen molar-refractivity contribution in [2.75, 3.05) is 14.7 Å². The third-order valence-corrected chi connectivity index (χ3v) is 37.6. The van der Waals surface area contributed by atoms with Crippen LogP contribution >= 0.6 is 11.8 Å².